The zero-order valence-corrected chi connectivity index (χ0v) is 7.02. The van der Waals surface area contributed by atoms with Crippen LogP contribution in [0.25, 0.3) is 6.08 Å². The van der Waals surface area contributed by atoms with Crippen LogP contribution in [0.4, 0.5) is 0 Å². The lowest BCUT2D eigenvalue weighted by Crippen LogP contribution is -1.84. The molecule has 2 nitrogen and oxygen atoms in total. The quantitative estimate of drug-likeness (QED) is 0.725. The molecule has 0 amide bonds. The van der Waals surface area contributed by atoms with Crippen molar-refractivity contribution in [3.05, 3.63) is 27.4 Å². The second kappa shape index (κ2) is 3.55. The summed E-state index contributed by atoms with van der Waals surface area (Å²) in [6.45, 7) is 0. The molecule has 0 bridgehead atoms. The van der Waals surface area contributed by atoms with E-state index >= 15 is 0 Å². The average molecular weight is 189 g/mol. The highest BCUT2D eigenvalue weighted by atomic mass is 35.5. The number of halogens is 1. The molecule has 58 valence electrons. The van der Waals surface area contributed by atoms with Gasteiger partial charge in [0, 0.05) is 11.0 Å². The summed E-state index contributed by atoms with van der Waals surface area (Å²) in [5.41, 5.74) is 0. The molecule has 0 aliphatic rings. The van der Waals surface area contributed by atoms with Crippen molar-refractivity contribution < 1.29 is 9.90 Å². The standard InChI is InChI=1S/C7H5ClO2S/c8-5-3-4-11-6(5)1-2-7(9)10/h1-4H,(H,9,10). The molecule has 1 aromatic rings. The summed E-state index contributed by atoms with van der Waals surface area (Å²) in [5, 5.41) is 10.7. The van der Waals surface area contributed by atoms with E-state index in [0.717, 1.165) is 11.0 Å². The third kappa shape index (κ3) is 2.37. The Labute approximate surface area is 72.7 Å². The van der Waals surface area contributed by atoms with Gasteiger partial charge in [-0.05, 0) is 17.5 Å². The highest BCUT2D eigenvalue weighted by molar-refractivity contribution is 7.11. The lowest BCUT2D eigenvalue weighted by Gasteiger charge is -1.83. The van der Waals surface area contributed by atoms with Crippen LogP contribution in [-0.4, -0.2) is 11.1 Å². The molecule has 1 heterocycles. The van der Waals surface area contributed by atoms with Crippen LogP contribution in [0.3, 0.4) is 0 Å². The minimum absolute atomic E-state index is 0.590. The van der Waals surface area contributed by atoms with Gasteiger partial charge in [0.05, 0.1) is 5.02 Å². The van der Waals surface area contributed by atoms with Gasteiger partial charge in [0.2, 0.25) is 0 Å². The zero-order chi connectivity index (χ0) is 8.27. The number of thiophene rings is 1. The predicted octanol–water partition coefficient (Wildman–Crippen LogP) is 2.50. The van der Waals surface area contributed by atoms with E-state index in [1.165, 1.54) is 17.4 Å². The van der Waals surface area contributed by atoms with Gasteiger partial charge in [0.15, 0.2) is 0 Å². The molecule has 0 fully saturated rings. The second-order valence-corrected chi connectivity index (χ2v) is 3.16. The number of carboxylic acids is 1. The third-order valence-electron chi connectivity index (χ3n) is 1.02. The molecule has 0 atom stereocenters. The predicted molar refractivity (Wildman–Crippen MR) is 46.0 cm³/mol. The molecule has 1 N–H and O–H groups in total. The van der Waals surface area contributed by atoms with E-state index in [1.54, 1.807) is 6.07 Å². The van der Waals surface area contributed by atoms with Crippen molar-refractivity contribution in [3.8, 4) is 0 Å². The monoisotopic (exact) mass is 188 g/mol. The Morgan fingerprint density at radius 2 is 2.45 bits per heavy atom. The van der Waals surface area contributed by atoms with E-state index in [9.17, 15) is 4.79 Å². The molecule has 1 rings (SSSR count). The number of carbonyl (C=O) groups is 1. The maximum absolute atomic E-state index is 10.1. The lowest BCUT2D eigenvalue weighted by molar-refractivity contribution is -0.131. The van der Waals surface area contributed by atoms with Crippen molar-refractivity contribution in [3.63, 3.8) is 0 Å². The molecule has 0 aromatic carbocycles. The van der Waals surface area contributed by atoms with Crippen LogP contribution >= 0.6 is 22.9 Å². The Morgan fingerprint density at radius 1 is 1.73 bits per heavy atom. The van der Waals surface area contributed by atoms with E-state index in [2.05, 4.69) is 0 Å². The molecule has 0 radical (unpaired) electrons. The number of rotatable bonds is 2. The van der Waals surface area contributed by atoms with Gasteiger partial charge < -0.3 is 5.11 Å². The first kappa shape index (κ1) is 8.30. The fourth-order valence-corrected chi connectivity index (χ4v) is 1.58. The molecule has 0 spiro atoms. The van der Waals surface area contributed by atoms with Gasteiger partial charge in [0.25, 0.3) is 0 Å². The third-order valence-corrected chi connectivity index (χ3v) is 2.35. The zero-order valence-electron chi connectivity index (χ0n) is 5.45. The van der Waals surface area contributed by atoms with E-state index in [-0.39, 0.29) is 0 Å². The van der Waals surface area contributed by atoms with Crippen molar-refractivity contribution >= 4 is 35.0 Å². The molecule has 0 aliphatic carbocycles. The number of aliphatic carboxylic acids is 1. The molecule has 0 saturated heterocycles. The highest BCUT2D eigenvalue weighted by Crippen LogP contribution is 2.22. The Bertz CT molecular complexity index is 290. The van der Waals surface area contributed by atoms with Crippen LogP contribution < -0.4 is 0 Å². The summed E-state index contributed by atoms with van der Waals surface area (Å²) in [5.74, 6) is -0.963. The molecule has 1 aromatic heterocycles. The maximum Gasteiger partial charge on any atom is 0.328 e. The average Bonchev–Trinajstić information content (AvgIpc) is 2.31. The SMILES string of the molecule is O=C(O)C=Cc1sccc1Cl. The Hall–Kier alpha value is -0.800. The first-order chi connectivity index (χ1) is 5.20. The van der Waals surface area contributed by atoms with E-state index in [1.807, 2.05) is 5.38 Å². The van der Waals surface area contributed by atoms with Gasteiger partial charge >= 0.3 is 5.97 Å². The molecule has 11 heavy (non-hydrogen) atoms. The molecule has 0 aliphatic heterocycles. The van der Waals surface area contributed by atoms with Gasteiger partial charge in [0.1, 0.15) is 0 Å². The molecule has 4 heteroatoms. The summed E-state index contributed by atoms with van der Waals surface area (Å²) in [6, 6.07) is 1.73. The Kier molecular flexibility index (Phi) is 2.68. The number of hydrogen-bond acceptors (Lipinski definition) is 2. The van der Waals surface area contributed by atoms with Gasteiger partial charge in [-0.3, -0.25) is 0 Å². The van der Waals surface area contributed by atoms with Crippen LogP contribution in [0.15, 0.2) is 17.5 Å². The minimum Gasteiger partial charge on any atom is -0.478 e. The molecule has 0 unspecified atom stereocenters. The van der Waals surface area contributed by atoms with Crippen molar-refractivity contribution in [1.82, 2.24) is 0 Å². The Morgan fingerprint density at radius 3 is 2.91 bits per heavy atom. The van der Waals surface area contributed by atoms with Crippen molar-refractivity contribution in [2.45, 2.75) is 0 Å². The van der Waals surface area contributed by atoms with Crippen LogP contribution in [0, 0.1) is 0 Å². The topological polar surface area (TPSA) is 37.3 Å². The van der Waals surface area contributed by atoms with Crippen molar-refractivity contribution in [1.29, 1.82) is 0 Å². The van der Waals surface area contributed by atoms with Gasteiger partial charge in [-0.25, -0.2) is 4.79 Å². The van der Waals surface area contributed by atoms with E-state index in [4.69, 9.17) is 16.7 Å². The number of hydrogen-bond donors (Lipinski definition) is 1. The summed E-state index contributed by atoms with van der Waals surface area (Å²) in [4.78, 5) is 10.9. The largest absolute Gasteiger partial charge is 0.478 e. The molecule has 0 saturated carbocycles. The molecular weight excluding hydrogens is 184 g/mol. The Balaban J connectivity index is 2.79. The summed E-state index contributed by atoms with van der Waals surface area (Å²) < 4.78 is 0. The highest BCUT2D eigenvalue weighted by Gasteiger charge is 1.96. The van der Waals surface area contributed by atoms with E-state index in [0.29, 0.717) is 5.02 Å². The number of carboxylic acid groups (broad SMARTS) is 1. The van der Waals surface area contributed by atoms with E-state index < -0.39 is 5.97 Å². The van der Waals surface area contributed by atoms with Crippen LogP contribution in [0.2, 0.25) is 5.02 Å². The lowest BCUT2D eigenvalue weighted by atomic mass is 10.4. The van der Waals surface area contributed by atoms with Gasteiger partial charge in [-0.2, -0.15) is 0 Å². The summed E-state index contributed by atoms with van der Waals surface area (Å²) in [7, 11) is 0. The summed E-state index contributed by atoms with van der Waals surface area (Å²) >= 11 is 7.10. The summed E-state index contributed by atoms with van der Waals surface area (Å²) in [6.07, 6.45) is 2.55. The smallest absolute Gasteiger partial charge is 0.328 e. The second-order valence-electron chi connectivity index (χ2n) is 1.80. The fraction of sp³-hybridized carbons (Fsp3) is 0. The van der Waals surface area contributed by atoms with Gasteiger partial charge in [-0.15, -0.1) is 11.3 Å². The first-order valence-corrected chi connectivity index (χ1v) is 4.10. The van der Waals surface area contributed by atoms with Crippen LogP contribution in [-0.2, 0) is 4.79 Å². The van der Waals surface area contributed by atoms with Crippen LogP contribution in [0.5, 0.6) is 0 Å². The van der Waals surface area contributed by atoms with Crippen molar-refractivity contribution in [2.75, 3.05) is 0 Å². The minimum atomic E-state index is -0.963. The fourth-order valence-electron chi connectivity index (χ4n) is 0.571. The first-order valence-electron chi connectivity index (χ1n) is 2.84. The maximum atomic E-state index is 10.1. The van der Waals surface area contributed by atoms with Gasteiger partial charge in [-0.1, -0.05) is 11.6 Å². The van der Waals surface area contributed by atoms with Crippen LogP contribution in [0.1, 0.15) is 4.88 Å². The normalized spacial score (nSPS) is 10.6. The van der Waals surface area contributed by atoms with Crippen molar-refractivity contribution in [2.24, 2.45) is 0 Å². The molecular formula is C7H5ClO2S.